The number of urea groups is 1. The Morgan fingerprint density at radius 3 is 3.11 bits per heavy atom. The van der Waals surface area contributed by atoms with Crippen molar-refractivity contribution >= 4 is 6.03 Å². The molecule has 0 radical (unpaired) electrons. The summed E-state index contributed by atoms with van der Waals surface area (Å²) in [5.74, 6) is 0.835. The Morgan fingerprint density at radius 2 is 2.39 bits per heavy atom. The SMILES string of the molecule is CCOc1cccc(C2CN(CCN)C(=O)N2)c1. The molecule has 1 saturated heterocycles. The van der Waals surface area contributed by atoms with Crippen molar-refractivity contribution < 1.29 is 9.53 Å². The molecular weight excluding hydrogens is 230 g/mol. The second-order valence-corrected chi connectivity index (χ2v) is 4.24. The molecule has 1 fully saturated rings. The van der Waals surface area contributed by atoms with Gasteiger partial charge >= 0.3 is 6.03 Å². The maximum Gasteiger partial charge on any atom is 0.318 e. The van der Waals surface area contributed by atoms with Crippen LogP contribution in [0.3, 0.4) is 0 Å². The maximum absolute atomic E-state index is 11.7. The summed E-state index contributed by atoms with van der Waals surface area (Å²) in [6, 6.07) is 7.80. The van der Waals surface area contributed by atoms with Gasteiger partial charge in [0.25, 0.3) is 0 Å². The van der Waals surface area contributed by atoms with Crippen molar-refractivity contribution in [2.24, 2.45) is 5.73 Å². The standard InChI is InChI=1S/C13H19N3O2/c1-2-18-11-5-3-4-10(8-11)12-9-16(7-6-14)13(17)15-12/h3-5,8,12H,2,6-7,9,14H2,1H3,(H,15,17). The third-order valence-electron chi connectivity index (χ3n) is 2.96. The van der Waals surface area contributed by atoms with Crippen molar-refractivity contribution in [2.45, 2.75) is 13.0 Å². The molecule has 0 aliphatic carbocycles. The van der Waals surface area contributed by atoms with Gasteiger partial charge in [0.1, 0.15) is 5.75 Å². The number of nitrogens with zero attached hydrogens (tertiary/aromatic N) is 1. The van der Waals surface area contributed by atoms with E-state index in [-0.39, 0.29) is 12.1 Å². The van der Waals surface area contributed by atoms with E-state index in [9.17, 15) is 4.79 Å². The van der Waals surface area contributed by atoms with E-state index in [4.69, 9.17) is 10.5 Å². The van der Waals surface area contributed by atoms with Crippen molar-refractivity contribution in [3.63, 3.8) is 0 Å². The Labute approximate surface area is 107 Å². The predicted molar refractivity (Wildman–Crippen MR) is 69.5 cm³/mol. The van der Waals surface area contributed by atoms with Gasteiger partial charge in [-0.2, -0.15) is 0 Å². The highest BCUT2D eigenvalue weighted by Gasteiger charge is 2.29. The van der Waals surface area contributed by atoms with Crippen LogP contribution >= 0.6 is 0 Å². The predicted octanol–water partition coefficient (Wildman–Crippen LogP) is 1.11. The van der Waals surface area contributed by atoms with Gasteiger partial charge in [-0.05, 0) is 24.6 Å². The van der Waals surface area contributed by atoms with Gasteiger partial charge < -0.3 is 20.7 Å². The van der Waals surface area contributed by atoms with E-state index in [0.717, 1.165) is 11.3 Å². The first kappa shape index (κ1) is 12.7. The topological polar surface area (TPSA) is 67.6 Å². The van der Waals surface area contributed by atoms with E-state index < -0.39 is 0 Å². The zero-order valence-electron chi connectivity index (χ0n) is 10.6. The lowest BCUT2D eigenvalue weighted by Crippen LogP contribution is -2.32. The summed E-state index contributed by atoms with van der Waals surface area (Å²) in [5, 5.41) is 2.95. The quantitative estimate of drug-likeness (QED) is 0.821. The van der Waals surface area contributed by atoms with Gasteiger partial charge in [0, 0.05) is 19.6 Å². The molecular formula is C13H19N3O2. The summed E-state index contributed by atoms with van der Waals surface area (Å²) in [6.07, 6.45) is 0. The van der Waals surface area contributed by atoms with Gasteiger partial charge in [-0.15, -0.1) is 0 Å². The number of benzene rings is 1. The van der Waals surface area contributed by atoms with E-state index in [0.29, 0.717) is 26.2 Å². The Kier molecular flexibility index (Phi) is 4.04. The Hall–Kier alpha value is -1.75. The third-order valence-corrected chi connectivity index (χ3v) is 2.96. The minimum Gasteiger partial charge on any atom is -0.494 e. The highest BCUT2D eigenvalue weighted by atomic mass is 16.5. The number of rotatable bonds is 5. The molecule has 1 aromatic carbocycles. The third kappa shape index (κ3) is 2.73. The molecule has 0 spiro atoms. The maximum atomic E-state index is 11.7. The number of ether oxygens (including phenoxy) is 1. The summed E-state index contributed by atoms with van der Waals surface area (Å²) in [5.41, 5.74) is 6.54. The van der Waals surface area contributed by atoms with Gasteiger partial charge in [0.15, 0.2) is 0 Å². The Morgan fingerprint density at radius 1 is 1.56 bits per heavy atom. The fourth-order valence-corrected chi connectivity index (χ4v) is 2.11. The Balaban J connectivity index is 2.08. The van der Waals surface area contributed by atoms with E-state index in [1.807, 2.05) is 31.2 Å². The highest BCUT2D eigenvalue weighted by Crippen LogP contribution is 2.23. The van der Waals surface area contributed by atoms with Crippen LogP contribution in [0.15, 0.2) is 24.3 Å². The minimum atomic E-state index is -0.0488. The zero-order chi connectivity index (χ0) is 13.0. The van der Waals surface area contributed by atoms with Crippen LogP contribution in [0, 0.1) is 0 Å². The smallest absolute Gasteiger partial charge is 0.318 e. The monoisotopic (exact) mass is 249 g/mol. The summed E-state index contributed by atoms with van der Waals surface area (Å²) in [6.45, 7) is 4.32. The van der Waals surface area contributed by atoms with Gasteiger partial charge in [0.2, 0.25) is 0 Å². The molecule has 2 rings (SSSR count). The van der Waals surface area contributed by atoms with Crippen molar-refractivity contribution in [1.29, 1.82) is 0 Å². The Bertz CT molecular complexity index is 422. The van der Waals surface area contributed by atoms with Crippen LogP contribution in [0.1, 0.15) is 18.5 Å². The molecule has 1 heterocycles. The van der Waals surface area contributed by atoms with Gasteiger partial charge in [-0.25, -0.2) is 4.79 Å². The molecule has 1 aliphatic heterocycles. The molecule has 1 aliphatic rings. The number of hydrogen-bond acceptors (Lipinski definition) is 3. The molecule has 18 heavy (non-hydrogen) atoms. The van der Waals surface area contributed by atoms with E-state index in [1.165, 1.54) is 0 Å². The van der Waals surface area contributed by atoms with Crippen molar-refractivity contribution in [3.8, 4) is 5.75 Å². The van der Waals surface area contributed by atoms with Gasteiger partial charge in [0.05, 0.1) is 12.6 Å². The molecule has 0 saturated carbocycles. The molecule has 5 nitrogen and oxygen atoms in total. The fourth-order valence-electron chi connectivity index (χ4n) is 2.11. The second-order valence-electron chi connectivity index (χ2n) is 4.24. The molecule has 1 aromatic rings. The van der Waals surface area contributed by atoms with Gasteiger partial charge in [-0.1, -0.05) is 12.1 Å². The van der Waals surface area contributed by atoms with Crippen molar-refractivity contribution in [1.82, 2.24) is 10.2 Å². The summed E-state index contributed by atoms with van der Waals surface area (Å²) >= 11 is 0. The van der Waals surface area contributed by atoms with Gasteiger partial charge in [-0.3, -0.25) is 0 Å². The lowest BCUT2D eigenvalue weighted by atomic mass is 10.1. The highest BCUT2D eigenvalue weighted by molar-refractivity contribution is 5.77. The number of nitrogens with one attached hydrogen (secondary N) is 1. The summed E-state index contributed by atoms with van der Waals surface area (Å²) < 4.78 is 5.46. The van der Waals surface area contributed by atoms with Crippen LogP contribution in [0.5, 0.6) is 5.75 Å². The average Bonchev–Trinajstić information content (AvgIpc) is 2.73. The molecule has 5 heteroatoms. The van der Waals surface area contributed by atoms with Crippen LogP contribution in [-0.4, -0.2) is 37.2 Å². The van der Waals surface area contributed by atoms with Crippen LogP contribution in [0.4, 0.5) is 4.79 Å². The summed E-state index contributed by atoms with van der Waals surface area (Å²) in [7, 11) is 0. The normalized spacial score (nSPS) is 18.9. The van der Waals surface area contributed by atoms with Crippen molar-refractivity contribution in [2.75, 3.05) is 26.2 Å². The largest absolute Gasteiger partial charge is 0.494 e. The van der Waals surface area contributed by atoms with Crippen LogP contribution in [0.2, 0.25) is 0 Å². The number of carbonyl (C=O) groups is 1. The second kappa shape index (κ2) is 5.73. The fraction of sp³-hybridized carbons (Fsp3) is 0.462. The lowest BCUT2D eigenvalue weighted by molar-refractivity contribution is 0.218. The number of nitrogens with two attached hydrogens (primary N) is 1. The molecule has 2 amide bonds. The molecule has 0 bridgehead atoms. The van der Waals surface area contributed by atoms with E-state index >= 15 is 0 Å². The minimum absolute atomic E-state index is 0.0180. The van der Waals surface area contributed by atoms with Crippen LogP contribution in [-0.2, 0) is 0 Å². The first-order chi connectivity index (χ1) is 8.74. The zero-order valence-corrected chi connectivity index (χ0v) is 10.6. The summed E-state index contributed by atoms with van der Waals surface area (Å²) in [4.78, 5) is 13.4. The first-order valence-electron chi connectivity index (χ1n) is 6.23. The number of amides is 2. The molecule has 1 unspecified atom stereocenters. The van der Waals surface area contributed by atoms with E-state index in [1.54, 1.807) is 4.90 Å². The molecule has 1 atom stereocenters. The first-order valence-corrected chi connectivity index (χ1v) is 6.23. The molecule has 0 aromatic heterocycles. The number of hydrogen-bond donors (Lipinski definition) is 2. The molecule has 98 valence electrons. The lowest BCUT2D eigenvalue weighted by Gasteiger charge is -2.13. The number of carbonyl (C=O) groups excluding carboxylic acids is 1. The van der Waals surface area contributed by atoms with Crippen LogP contribution < -0.4 is 15.8 Å². The van der Waals surface area contributed by atoms with Crippen LogP contribution in [0.25, 0.3) is 0 Å². The average molecular weight is 249 g/mol. The van der Waals surface area contributed by atoms with Crippen molar-refractivity contribution in [3.05, 3.63) is 29.8 Å². The van der Waals surface area contributed by atoms with E-state index in [2.05, 4.69) is 5.32 Å². The molecule has 3 N–H and O–H groups in total.